The first-order valence-corrected chi connectivity index (χ1v) is 11.2. The van der Waals surface area contributed by atoms with Crippen LogP contribution in [0.1, 0.15) is 40.7 Å². The molecule has 28 heavy (non-hydrogen) atoms. The van der Waals surface area contributed by atoms with E-state index in [9.17, 15) is 13.2 Å². The third kappa shape index (κ3) is 4.69. The Morgan fingerprint density at radius 2 is 1.79 bits per heavy atom. The summed E-state index contributed by atoms with van der Waals surface area (Å²) in [5.41, 5.74) is 1.49. The van der Waals surface area contributed by atoms with Gasteiger partial charge >= 0.3 is 5.97 Å². The van der Waals surface area contributed by atoms with Crippen LogP contribution in [0.2, 0.25) is 10.0 Å². The molecule has 0 atom stereocenters. The summed E-state index contributed by atoms with van der Waals surface area (Å²) < 4.78 is 32.6. The second-order valence-electron chi connectivity index (χ2n) is 6.75. The third-order valence-corrected chi connectivity index (χ3v) is 7.24. The number of hydrogen-bond acceptors (Lipinski definition) is 4. The van der Waals surface area contributed by atoms with Gasteiger partial charge in [0, 0.05) is 28.7 Å². The number of carbonyl (C=O) groups is 1. The maximum absolute atomic E-state index is 12.9. The van der Waals surface area contributed by atoms with Crippen molar-refractivity contribution >= 4 is 39.2 Å². The molecule has 0 unspecified atom stereocenters. The molecule has 3 rings (SSSR count). The third-order valence-electron chi connectivity index (χ3n) is 4.76. The van der Waals surface area contributed by atoms with E-state index in [4.69, 9.17) is 27.9 Å². The van der Waals surface area contributed by atoms with E-state index in [-0.39, 0.29) is 17.1 Å². The molecule has 0 N–H and O–H groups in total. The molecular formula is C20H21Cl2NO4S. The fourth-order valence-corrected chi connectivity index (χ4v) is 5.10. The number of esters is 1. The molecule has 2 aromatic rings. The fraction of sp³-hybridized carbons (Fsp3) is 0.350. The monoisotopic (exact) mass is 441 g/mol. The topological polar surface area (TPSA) is 63.7 Å². The number of piperidine rings is 1. The maximum atomic E-state index is 12.9. The van der Waals surface area contributed by atoms with E-state index < -0.39 is 16.0 Å². The van der Waals surface area contributed by atoms with Crippen LogP contribution in [0.15, 0.2) is 41.3 Å². The molecule has 0 spiro atoms. The second kappa shape index (κ2) is 8.82. The highest BCUT2D eigenvalue weighted by atomic mass is 35.5. The molecule has 2 aromatic carbocycles. The van der Waals surface area contributed by atoms with E-state index in [1.165, 1.54) is 16.4 Å². The number of ether oxygens (including phenoxy) is 1. The zero-order chi connectivity index (χ0) is 20.3. The molecule has 0 aliphatic carbocycles. The van der Waals surface area contributed by atoms with Gasteiger partial charge in [0.2, 0.25) is 10.0 Å². The Bertz CT molecular complexity index is 986. The quantitative estimate of drug-likeness (QED) is 0.622. The largest absolute Gasteiger partial charge is 0.457 e. The highest BCUT2D eigenvalue weighted by Gasteiger charge is 2.27. The van der Waals surface area contributed by atoms with Crippen LogP contribution in [0.5, 0.6) is 0 Å². The first kappa shape index (κ1) is 21.1. The number of aryl methyl sites for hydroxylation is 1. The smallest absolute Gasteiger partial charge is 0.338 e. The average Bonchev–Trinajstić information content (AvgIpc) is 2.68. The summed E-state index contributed by atoms with van der Waals surface area (Å²) in [6.45, 7) is 2.72. The predicted molar refractivity (Wildman–Crippen MR) is 109 cm³/mol. The lowest BCUT2D eigenvalue weighted by atomic mass is 10.1. The van der Waals surface area contributed by atoms with Crippen molar-refractivity contribution in [3.8, 4) is 0 Å². The second-order valence-corrected chi connectivity index (χ2v) is 9.53. The van der Waals surface area contributed by atoms with Crippen LogP contribution in [-0.4, -0.2) is 31.8 Å². The summed E-state index contributed by atoms with van der Waals surface area (Å²) in [6, 6.07) is 9.47. The Hall–Kier alpha value is -1.60. The molecule has 0 bridgehead atoms. The first-order valence-electron chi connectivity index (χ1n) is 9.01. The van der Waals surface area contributed by atoms with Gasteiger partial charge in [-0.2, -0.15) is 4.31 Å². The van der Waals surface area contributed by atoms with E-state index >= 15 is 0 Å². The van der Waals surface area contributed by atoms with Crippen molar-refractivity contribution in [1.82, 2.24) is 4.31 Å². The zero-order valence-electron chi connectivity index (χ0n) is 15.5. The SMILES string of the molecule is Cc1ccc(S(=O)(=O)N2CCCCC2)cc1C(=O)OCc1ccc(Cl)cc1Cl. The molecule has 0 saturated carbocycles. The van der Waals surface area contributed by atoms with Crippen LogP contribution in [-0.2, 0) is 21.4 Å². The minimum atomic E-state index is -3.62. The van der Waals surface area contributed by atoms with Crippen molar-refractivity contribution in [2.24, 2.45) is 0 Å². The lowest BCUT2D eigenvalue weighted by Crippen LogP contribution is -2.35. The minimum absolute atomic E-state index is 0.0304. The molecule has 1 saturated heterocycles. The zero-order valence-corrected chi connectivity index (χ0v) is 17.8. The molecule has 0 radical (unpaired) electrons. The molecule has 0 amide bonds. The molecule has 150 valence electrons. The Morgan fingerprint density at radius 3 is 2.46 bits per heavy atom. The van der Waals surface area contributed by atoms with E-state index in [2.05, 4.69) is 0 Å². The first-order chi connectivity index (χ1) is 13.3. The van der Waals surface area contributed by atoms with Crippen molar-refractivity contribution in [3.05, 3.63) is 63.1 Å². The molecule has 1 fully saturated rings. The van der Waals surface area contributed by atoms with Gasteiger partial charge in [-0.3, -0.25) is 0 Å². The van der Waals surface area contributed by atoms with Crippen molar-refractivity contribution in [3.63, 3.8) is 0 Å². The van der Waals surface area contributed by atoms with Gasteiger partial charge in [0.25, 0.3) is 0 Å². The normalized spacial score (nSPS) is 15.4. The van der Waals surface area contributed by atoms with Crippen LogP contribution < -0.4 is 0 Å². The van der Waals surface area contributed by atoms with Gasteiger partial charge < -0.3 is 4.74 Å². The number of carbonyl (C=O) groups excluding carboxylic acids is 1. The van der Waals surface area contributed by atoms with E-state index in [1.54, 1.807) is 31.2 Å². The van der Waals surface area contributed by atoms with E-state index in [0.717, 1.165) is 19.3 Å². The Kier molecular flexibility index (Phi) is 6.65. The predicted octanol–water partition coefficient (Wildman–Crippen LogP) is 4.83. The number of benzene rings is 2. The number of sulfonamides is 1. The van der Waals surface area contributed by atoms with Crippen LogP contribution in [0.25, 0.3) is 0 Å². The molecule has 1 aliphatic heterocycles. The average molecular weight is 442 g/mol. The molecule has 1 heterocycles. The number of rotatable bonds is 5. The number of nitrogens with zero attached hydrogens (tertiary/aromatic N) is 1. The summed E-state index contributed by atoms with van der Waals surface area (Å²) >= 11 is 12.0. The van der Waals surface area contributed by atoms with Crippen LogP contribution in [0, 0.1) is 6.92 Å². The Labute approximate surface area is 175 Å². The highest BCUT2D eigenvalue weighted by molar-refractivity contribution is 7.89. The van der Waals surface area contributed by atoms with Gasteiger partial charge in [-0.25, -0.2) is 13.2 Å². The molecule has 5 nitrogen and oxygen atoms in total. The summed E-state index contributed by atoms with van der Waals surface area (Å²) in [5.74, 6) is -0.598. The lowest BCUT2D eigenvalue weighted by molar-refractivity contribution is 0.0471. The lowest BCUT2D eigenvalue weighted by Gasteiger charge is -2.26. The Balaban J connectivity index is 1.79. The summed E-state index contributed by atoms with van der Waals surface area (Å²) in [6.07, 6.45) is 2.73. The summed E-state index contributed by atoms with van der Waals surface area (Å²) in [7, 11) is -3.62. The van der Waals surface area contributed by atoms with Gasteiger partial charge in [0.05, 0.1) is 10.5 Å². The van der Waals surface area contributed by atoms with Gasteiger partial charge in [-0.15, -0.1) is 0 Å². The van der Waals surface area contributed by atoms with Crippen molar-refractivity contribution in [2.45, 2.75) is 37.7 Å². The van der Waals surface area contributed by atoms with Crippen molar-refractivity contribution < 1.29 is 17.9 Å². The van der Waals surface area contributed by atoms with Gasteiger partial charge in [0.1, 0.15) is 6.61 Å². The maximum Gasteiger partial charge on any atom is 0.338 e. The minimum Gasteiger partial charge on any atom is -0.457 e. The van der Waals surface area contributed by atoms with Crippen molar-refractivity contribution in [2.75, 3.05) is 13.1 Å². The standard InChI is InChI=1S/C20H21Cl2NO4S/c1-14-5-8-17(28(25,26)23-9-3-2-4-10-23)12-18(14)20(24)27-13-15-6-7-16(21)11-19(15)22/h5-8,11-12H,2-4,9-10,13H2,1H3. The molecule has 0 aromatic heterocycles. The van der Waals surface area contributed by atoms with Crippen LogP contribution in [0.3, 0.4) is 0 Å². The number of halogens is 2. The summed E-state index contributed by atoms with van der Waals surface area (Å²) in [4.78, 5) is 12.7. The molecular weight excluding hydrogens is 421 g/mol. The molecule has 1 aliphatic rings. The van der Waals surface area contributed by atoms with Gasteiger partial charge in [-0.1, -0.05) is 41.8 Å². The van der Waals surface area contributed by atoms with Gasteiger partial charge in [-0.05, 0) is 49.6 Å². The molecule has 8 heteroatoms. The summed E-state index contributed by atoms with van der Waals surface area (Å²) in [5, 5.41) is 0.894. The highest BCUT2D eigenvalue weighted by Crippen LogP contribution is 2.25. The van der Waals surface area contributed by atoms with E-state index in [1.807, 2.05) is 0 Å². The van der Waals surface area contributed by atoms with Gasteiger partial charge in [0.15, 0.2) is 0 Å². The Morgan fingerprint density at radius 1 is 1.07 bits per heavy atom. The van der Waals surface area contributed by atoms with Crippen LogP contribution >= 0.6 is 23.2 Å². The van der Waals surface area contributed by atoms with Crippen molar-refractivity contribution in [1.29, 1.82) is 0 Å². The number of hydrogen-bond donors (Lipinski definition) is 0. The fourth-order valence-electron chi connectivity index (χ4n) is 3.10. The van der Waals surface area contributed by atoms with E-state index in [0.29, 0.717) is 34.3 Å². The van der Waals surface area contributed by atoms with Crippen LogP contribution in [0.4, 0.5) is 0 Å².